The van der Waals surface area contributed by atoms with Gasteiger partial charge in [-0.3, -0.25) is 10.1 Å². The van der Waals surface area contributed by atoms with Crippen LogP contribution < -0.4 is 9.47 Å². The van der Waals surface area contributed by atoms with Crippen molar-refractivity contribution in [1.82, 2.24) is 10.2 Å². The van der Waals surface area contributed by atoms with Crippen LogP contribution in [0.1, 0.15) is 6.92 Å². The van der Waals surface area contributed by atoms with Crippen LogP contribution in [0.4, 0.5) is 5.69 Å². The molecule has 0 N–H and O–H groups in total. The summed E-state index contributed by atoms with van der Waals surface area (Å²) in [5.41, 5.74) is 0.737. The van der Waals surface area contributed by atoms with Gasteiger partial charge in [0.25, 0.3) is 16.8 Å². The summed E-state index contributed by atoms with van der Waals surface area (Å²) >= 11 is 1.34. The zero-order valence-electron chi connectivity index (χ0n) is 14.5. The molecule has 0 saturated carbocycles. The van der Waals surface area contributed by atoms with Gasteiger partial charge in [0.05, 0.1) is 29.8 Å². The quantitative estimate of drug-likeness (QED) is 0.233. The third kappa shape index (κ3) is 4.98. The van der Waals surface area contributed by atoms with Crippen molar-refractivity contribution in [3.8, 4) is 23.0 Å². The third-order valence-corrected chi connectivity index (χ3v) is 4.21. The maximum atomic E-state index is 10.8. The van der Waals surface area contributed by atoms with Gasteiger partial charge >= 0.3 is 0 Å². The number of aromatic nitrogens is 2. The highest BCUT2D eigenvalue weighted by atomic mass is 32.2. The molecule has 0 fully saturated rings. The van der Waals surface area contributed by atoms with E-state index >= 15 is 0 Å². The molecule has 0 aliphatic heterocycles. The van der Waals surface area contributed by atoms with Gasteiger partial charge in [-0.2, -0.15) is 0 Å². The van der Waals surface area contributed by atoms with E-state index in [9.17, 15) is 10.1 Å². The maximum absolute atomic E-state index is 10.8. The number of nitrogens with zero attached hydrogens (tertiary/aromatic N) is 3. The van der Waals surface area contributed by atoms with Crippen LogP contribution >= 0.6 is 11.8 Å². The Labute approximate surface area is 159 Å². The molecule has 9 heteroatoms. The Morgan fingerprint density at radius 1 is 1.15 bits per heavy atom. The van der Waals surface area contributed by atoms with Gasteiger partial charge in [-0.1, -0.05) is 30.0 Å². The Morgan fingerprint density at radius 2 is 2.00 bits per heavy atom. The summed E-state index contributed by atoms with van der Waals surface area (Å²) in [6.07, 6.45) is 0. The van der Waals surface area contributed by atoms with Crippen LogP contribution in [-0.2, 0) is 0 Å². The normalized spacial score (nSPS) is 10.6. The van der Waals surface area contributed by atoms with Crippen molar-refractivity contribution in [2.75, 3.05) is 19.0 Å². The van der Waals surface area contributed by atoms with Gasteiger partial charge in [-0.15, -0.1) is 10.2 Å². The Morgan fingerprint density at radius 3 is 2.81 bits per heavy atom. The lowest BCUT2D eigenvalue weighted by Crippen LogP contribution is -2.00. The molecule has 0 bridgehead atoms. The van der Waals surface area contributed by atoms with Crippen molar-refractivity contribution in [1.29, 1.82) is 0 Å². The summed E-state index contributed by atoms with van der Waals surface area (Å²) in [5, 5.41) is 19.3. The number of nitro benzene ring substituents is 1. The minimum Gasteiger partial charge on any atom is -0.493 e. The maximum Gasteiger partial charge on any atom is 0.276 e. The number of hydrogen-bond acceptors (Lipinski definition) is 8. The van der Waals surface area contributed by atoms with Gasteiger partial charge in [0.15, 0.2) is 0 Å². The van der Waals surface area contributed by atoms with Gasteiger partial charge in [-0.25, -0.2) is 0 Å². The topological polar surface area (TPSA) is 101 Å². The summed E-state index contributed by atoms with van der Waals surface area (Å²) < 4.78 is 16.8. The number of para-hydroxylation sites is 1. The highest BCUT2D eigenvalue weighted by molar-refractivity contribution is 7.99. The third-order valence-electron chi connectivity index (χ3n) is 3.43. The molecule has 3 aromatic rings. The summed E-state index contributed by atoms with van der Waals surface area (Å²) in [7, 11) is 0. The Hall–Kier alpha value is -3.07. The van der Waals surface area contributed by atoms with Crippen molar-refractivity contribution in [3.05, 3.63) is 58.6 Å². The summed E-state index contributed by atoms with van der Waals surface area (Å²) in [6, 6.07) is 13.5. The molecule has 3 rings (SSSR count). The van der Waals surface area contributed by atoms with Crippen molar-refractivity contribution in [3.63, 3.8) is 0 Å². The first kappa shape index (κ1) is 18.7. The number of ether oxygens (including phenoxy) is 2. The van der Waals surface area contributed by atoms with E-state index in [2.05, 4.69) is 10.2 Å². The first-order valence-electron chi connectivity index (χ1n) is 8.23. The van der Waals surface area contributed by atoms with Crippen LogP contribution in [0.25, 0.3) is 11.5 Å². The van der Waals surface area contributed by atoms with E-state index < -0.39 is 4.92 Å². The summed E-state index contributed by atoms with van der Waals surface area (Å²) in [6.45, 7) is 2.80. The summed E-state index contributed by atoms with van der Waals surface area (Å²) in [5.74, 6) is 2.08. The van der Waals surface area contributed by atoms with Crippen LogP contribution in [-0.4, -0.2) is 34.1 Å². The van der Waals surface area contributed by atoms with Crippen LogP contribution in [0.2, 0.25) is 0 Å². The molecule has 0 radical (unpaired) electrons. The molecule has 27 heavy (non-hydrogen) atoms. The Bertz CT molecular complexity index is 915. The minimum atomic E-state index is -0.457. The van der Waals surface area contributed by atoms with Crippen molar-refractivity contribution >= 4 is 17.4 Å². The van der Waals surface area contributed by atoms with Crippen LogP contribution in [0.3, 0.4) is 0 Å². The molecular weight excluding hydrogens is 370 g/mol. The molecule has 0 unspecified atom stereocenters. The van der Waals surface area contributed by atoms with Crippen LogP contribution in [0.5, 0.6) is 11.5 Å². The molecule has 140 valence electrons. The van der Waals surface area contributed by atoms with E-state index in [1.165, 1.54) is 23.9 Å². The second-order valence-corrected chi connectivity index (χ2v) is 6.30. The average molecular weight is 387 g/mol. The lowest BCUT2D eigenvalue weighted by atomic mass is 10.2. The lowest BCUT2D eigenvalue weighted by Gasteiger charge is -2.06. The molecule has 0 saturated heterocycles. The smallest absolute Gasteiger partial charge is 0.276 e. The van der Waals surface area contributed by atoms with E-state index in [0.29, 0.717) is 41.6 Å². The molecule has 8 nitrogen and oxygen atoms in total. The molecule has 2 aromatic carbocycles. The van der Waals surface area contributed by atoms with Gasteiger partial charge in [0.1, 0.15) is 11.5 Å². The first-order valence-corrected chi connectivity index (χ1v) is 9.21. The molecule has 0 aliphatic rings. The molecule has 0 aliphatic carbocycles. The van der Waals surface area contributed by atoms with E-state index in [4.69, 9.17) is 13.9 Å². The fourth-order valence-electron chi connectivity index (χ4n) is 2.28. The van der Waals surface area contributed by atoms with Crippen molar-refractivity contribution < 1.29 is 18.8 Å². The second-order valence-electron chi connectivity index (χ2n) is 5.25. The predicted octanol–water partition coefficient (Wildman–Crippen LogP) is 4.21. The highest BCUT2D eigenvalue weighted by Crippen LogP contribution is 2.30. The largest absolute Gasteiger partial charge is 0.493 e. The van der Waals surface area contributed by atoms with Crippen LogP contribution in [0.15, 0.2) is 58.2 Å². The van der Waals surface area contributed by atoms with Crippen molar-refractivity contribution in [2.24, 2.45) is 0 Å². The fraction of sp³-hybridized carbons (Fsp3) is 0.222. The number of nitro groups is 1. The second kappa shape index (κ2) is 9.04. The average Bonchev–Trinajstić information content (AvgIpc) is 3.15. The molecule has 0 atom stereocenters. The molecule has 0 spiro atoms. The highest BCUT2D eigenvalue weighted by Gasteiger charge is 2.13. The molecule has 0 amide bonds. The standard InChI is InChI=1S/C18H17N3O5S/c1-2-24-16-9-4-3-8-15(16)17-19-20-18(26-17)27-11-10-25-14-7-5-6-13(12-14)21(22)23/h3-9,12H,2,10-11H2,1H3. The minimum absolute atomic E-state index is 0.00494. The number of rotatable bonds is 9. The Kier molecular flexibility index (Phi) is 6.26. The van der Waals surface area contributed by atoms with Gasteiger partial charge in [-0.05, 0) is 25.1 Å². The van der Waals surface area contributed by atoms with Gasteiger partial charge < -0.3 is 13.9 Å². The number of hydrogen-bond donors (Lipinski definition) is 0. The van der Waals surface area contributed by atoms with E-state index in [1.807, 2.05) is 31.2 Å². The first-order chi connectivity index (χ1) is 13.2. The molecular formula is C18H17N3O5S. The van der Waals surface area contributed by atoms with Gasteiger partial charge in [0.2, 0.25) is 0 Å². The number of benzene rings is 2. The molecule has 1 aromatic heterocycles. The van der Waals surface area contributed by atoms with Gasteiger partial charge in [0, 0.05) is 11.8 Å². The lowest BCUT2D eigenvalue weighted by molar-refractivity contribution is -0.384. The van der Waals surface area contributed by atoms with E-state index in [1.54, 1.807) is 12.1 Å². The fourth-order valence-corrected chi connectivity index (χ4v) is 2.85. The molecule has 1 heterocycles. The number of non-ortho nitro benzene ring substituents is 1. The monoisotopic (exact) mass is 387 g/mol. The zero-order valence-corrected chi connectivity index (χ0v) is 15.3. The SMILES string of the molecule is CCOc1ccccc1-c1nnc(SCCOc2cccc([N+](=O)[O-])c2)o1. The summed E-state index contributed by atoms with van der Waals surface area (Å²) in [4.78, 5) is 10.3. The number of thioether (sulfide) groups is 1. The van der Waals surface area contributed by atoms with Crippen LogP contribution in [0, 0.1) is 10.1 Å². The van der Waals surface area contributed by atoms with E-state index in [-0.39, 0.29) is 5.69 Å². The predicted molar refractivity (Wildman–Crippen MR) is 100 cm³/mol. The Balaban J connectivity index is 1.55. The van der Waals surface area contributed by atoms with E-state index in [0.717, 1.165) is 5.56 Å². The van der Waals surface area contributed by atoms with Crippen molar-refractivity contribution in [2.45, 2.75) is 12.1 Å². The zero-order chi connectivity index (χ0) is 19.1.